The maximum absolute atomic E-state index is 13.3. The van der Waals surface area contributed by atoms with Crippen LogP contribution in [0.2, 0.25) is 0 Å². The Morgan fingerprint density at radius 3 is 2.40 bits per heavy atom. The molecule has 1 aliphatic rings. The number of pyridine rings is 1. The zero-order chi connectivity index (χ0) is 32.0. The summed E-state index contributed by atoms with van der Waals surface area (Å²) in [5, 5.41) is 9.64. The van der Waals surface area contributed by atoms with Crippen molar-refractivity contribution in [2.75, 3.05) is 18.0 Å². The van der Waals surface area contributed by atoms with Crippen LogP contribution in [0, 0.1) is 4.64 Å². The fourth-order valence-electron chi connectivity index (χ4n) is 4.44. The molecular formula is C30H26F3N5O4S3. The summed E-state index contributed by atoms with van der Waals surface area (Å²) in [4.78, 5) is 41.1. The molecule has 15 heteroatoms. The van der Waals surface area contributed by atoms with E-state index in [-0.39, 0.29) is 23.0 Å². The van der Waals surface area contributed by atoms with E-state index >= 15 is 0 Å². The fourth-order valence-corrected chi connectivity index (χ4v) is 6.31. The van der Waals surface area contributed by atoms with E-state index < -0.39 is 17.7 Å². The van der Waals surface area contributed by atoms with Crippen LogP contribution in [0.3, 0.4) is 0 Å². The fraction of sp³-hybridized carbons (Fsp3) is 0.233. The van der Waals surface area contributed by atoms with Crippen LogP contribution < -0.4 is 15.2 Å². The lowest BCUT2D eigenvalue weighted by Gasteiger charge is -2.32. The Morgan fingerprint density at radius 1 is 1.07 bits per heavy atom. The minimum atomic E-state index is -4.49. The summed E-state index contributed by atoms with van der Waals surface area (Å²) in [6.07, 6.45) is -2.02. The number of aromatic amines is 2. The topological polar surface area (TPSA) is 124 Å². The molecule has 1 saturated heterocycles. The summed E-state index contributed by atoms with van der Waals surface area (Å²) in [6, 6.07) is 17.3. The molecule has 1 fully saturated rings. The summed E-state index contributed by atoms with van der Waals surface area (Å²) in [7, 11) is 0. The van der Waals surface area contributed by atoms with Crippen molar-refractivity contribution in [1.29, 1.82) is 0 Å². The number of carboxylic acid groups (broad SMARTS) is 1. The van der Waals surface area contributed by atoms with Crippen molar-refractivity contribution in [2.45, 2.75) is 35.8 Å². The quantitative estimate of drug-likeness (QED) is 0.122. The molecule has 0 amide bonds. The molecule has 3 aromatic heterocycles. The molecular weight excluding hydrogens is 648 g/mol. The number of halogens is 3. The predicted octanol–water partition coefficient (Wildman–Crippen LogP) is 7.18. The zero-order valence-corrected chi connectivity index (χ0v) is 25.9. The number of piperidine rings is 1. The first-order chi connectivity index (χ1) is 21.6. The number of H-pyrrole nitrogens is 2. The second-order valence-electron chi connectivity index (χ2n) is 9.80. The monoisotopic (exact) mass is 673 g/mol. The number of ether oxygens (including phenoxy) is 1. The molecule has 6 rings (SSSR count). The third-order valence-corrected chi connectivity index (χ3v) is 9.04. The van der Waals surface area contributed by atoms with Gasteiger partial charge in [-0.15, -0.1) is 11.8 Å². The average Bonchev–Trinajstić information content (AvgIpc) is 3.46. The molecule has 234 valence electrons. The first-order valence-corrected chi connectivity index (χ1v) is 15.9. The van der Waals surface area contributed by atoms with E-state index in [1.165, 1.54) is 53.4 Å². The van der Waals surface area contributed by atoms with Crippen molar-refractivity contribution in [1.82, 2.24) is 19.9 Å². The second-order valence-corrected chi connectivity index (χ2v) is 12.3. The lowest BCUT2D eigenvalue weighted by atomic mass is 10.1. The van der Waals surface area contributed by atoms with Gasteiger partial charge in [-0.1, -0.05) is 41.8 Å². The smallest absolute Gasteiger partial charge is 0.419 e. The minimum Gasteiger partial charge on any atom is -0.490 e. The van der Waals surface area contributed by atoms with Crippen molar-refractivity contribution in [3.8, 4) is 5.75 Å². The number of hydrogen-bond acceptors (Lipinski definition) is 9. The highest BCUT2D eigenvalue weighted by Gasteiger charge is 2.35. The van der Waals surface area contributed by atoms with Crippen molar-refractivity contribution < 1.29 is 27.8 Å². The third-order valence-electron chi connectivity index (χ3n) is 6.66. The number of benzene rings is 2. The molecule has 0 bridgehead atoms. The maximum Gasteiger partial charge on any atom is 0.419 e. The Labute approximate surface area is 268 Å². The Bertz CT molecular complexity index is 1870. The Balaban J connectivity index is 0.000000505. The first kappa shape index (κ1) is 32.2. The van der Waals surface area contributed by atoms with Gasteiger partial charge in [0.1, 0.15) is 27.0 Å². The predicted molar refractivity (Wildman–Crippen MR) is 170 cm³/mol. The highest BCUT2D eigenvalue weighted by atomic mass is 32.2. The van der Waals surface area contributed by atoms with Crippen molar-refractivity contribution in [2.24, 2.45) is 0 Å². The van der Waals surface area contributed by atoms with Crippen LogP contribution in [0.5, 0.6) is 5.75 Å². The van der Waals surface area contributed by atoms with Crippen LogP contribution in [0.1, 0.15) is 34.6 Å². The van der Waals surface area contributed by atoms with Crippen molar-refractivity contribution in [3.63, 3.8) is 0 Å². The summed E-state index contributed by atoms with van der Waals surface area (Å²) >= 11 is 7.39. The van der Waals surface area contributed by atoms with E-state index in [1.807, 2.05) is 29.3 Å². The summed E-state index contributed by atoms with van der Waals surface area (Å²) < 4.78 is 46.7. The van der Waals surface area contributed by atoms with Crippen molar-refractivity contribution in [3.05, 3.63) is 105 Å². The normalized spacial score (nSPS) is 13.7. The Hall–Kier alpha value is -4.21. The molecule has 0 unspecified atom stereocenters. The number of anilines is 1. The molecule has 0 aliphatic carbocycles. The standard InChI is InChI=1S/C25H21F3N4O4S2.C5H5NS/c26-25(27,28)17-3-1-2-4-18(17)36-15-9-11-32(12-10-15)24-31-21-20(38-24)22(33)30-19(29-21)13-37-16-7-5-14(6-8-16)23(34)35;7-5-3-1-2-4-6-5/h1-8,15H,9-13H2,(H,34,35)(H,29,30,33);1-4H,(H,6,7). The molecule has 5 aromatic rings. The van der Waals surface area contributed by atoms with Gasteiger partial charge in [-0.05, 0) is 48.5 Å². The molecule has 1 aliphatic heterocycles. The first-order valence-electron chi connectivity index (χ1n) is 13.6. The van der Waals surface area contributed by atoms with Gasteiger partial charge in [0.25, 0.3) is 5.56 Å². The molecule has 0 saturated carbocycles. The summed E-state index contributed by atoms with van der Waals surface area (Å²) in [6.45, 7) is 1.04. The van der Waals surface area contributed by atoms with E-state index in [4.69, 9.17) is 22.1 Å². The number of thioether (sulfide) groups is 1. The SMILES string of the molecule is O=C(O)c1ccc(SCc2nc3nc(N4CCC(Oc5ccccc5C(F)(F)F)CC4)sc3c(=O)[nH]2)cc1.S=c1cccc[nH]1. The lowest BCUT2D eigenvalue weighted by Crippen LogP contribution is -2.38. The number of fused-ring (bicyclic) bond motifs is 1. The minimum absolute atomic E-state index is 0.169. The molecule has 3 N–H and O–H groups in total. The number of nitrogens with one attached hydrogen (secondary N) is 2. The van der Waals surface area contributed by atoms with Gasteiger partial charge < -0.3 is 24.7 Å². The zero-order valence-electron chi connectivity index (χ0n) is 23.4. The Kier molecular flexibility index (Phi) is 10.2. The molecule has 2 aromatic carbocycles. The van der Waals surface area contributed by atoms with Crippen LogP contribution in [-0.4, -0.2) is 50.2 Å². The summed E-state index contributed by atoms with van der Waals surface area (Å²) in [5.74, 6) is -0.354. The number of para-hydroxylation sites is 1. The van der Waals surface area contributed by atoms with Crippen LogP contribution in [0.4, 0.5) is 18.3 Å². The molecule has 0 atom stereocenters. The molecule has 4 heterocycles. The van der Waals surface area contributed by atoms with Crippen LogP contribution in [0.15, 0.2) is 82.6 Å². The van der Waals surface area contributed by atoms with Gasteiger partial charge in [-0.3, -0.25) is 4.79 Å². The van der Waals surface area contributed by atoms with E-state index in [9.17, 15) is 22.8 Å². The van der Waals surface area contributed by atoms with Crippen LogP contribution in [0.25, 0.3) is 10.3 Å². The number of alkyl halides is 3. The lowest BCUT2D eigenvalue weighted by molar-refractivity contribution is -0.139. The van der Waals surface area contributed by atoms with Crippen molar-refractivity contribution >= 4 is 56.8 Å². The van der Waals surface area contributed by atoms with Gasteiger partial charge in [0.15, 0.2) is 10.8 Å². The van der Waals surface area contributed by atoms with Gasteiger partial charge in [-0.25, -0.2) is 9.78 Å². The molecule has 0 spiro atoms. The number of rotatable bonds is 7. The van der Waals surface area contributed by atoms with E-state index in [0.717, 1.165) is 15.6 Å². The van der Waals surface area contributed by atoms with E-state index in [0.29, 0.717) is 53.0 Å². The summed E-state index contributed by atoms with van der Waals surface area (Å²) in [5.41, 5.74) is -0.551. The highest BCUT2D eigenvalue weighted by Crippen LogP contribution is 2.37. The number of carbonyl (C=O) groups is 1. The number of hydrogen-bond donors (Lipinski definition) is 3. The number of thiazole rings is 1. The maximum atomic E-state index is 13.3. The Morgan fingerprint density at radius 2 is 1.78 bits per heavy atom. The average molecular weight is 674 g/mol. The molecule has 9 nitrogen and oxygen atoms in total. The van der Waals surface area contributed by atoms with Gasteiger partial charge >= 0.3 is 12.1 Å². The van der Waals surface area contributed by atoms with Gasteiger partial charge in [0.05, 0.1) is 16.9 Å². The number of aromatic carboxylic acids is 1. The third kappa shape index (κ3) is 8.49. The van der Waals surface area contributed by atoms with E-state index in [2.05, 4.69) is 19.9 Å². The van der Waals surface area contributed by atoms with Gasteiger partial charge in [-0.2, -0.15) is 18.2 Å². The van der Waals surface area contributed by atoms with Gasteiger partial charge in [0, 0.05) is 37.0 Å². The number of aromatic nitrogens is 4. The highest BCUT2D eigenvalue weighted by molar-refractivity contribution is 7.98. The number of nitrogens with zero attached hydrogens (tertiary/aromatic N) is 3. The van der Waals surface area contributed by atoms with E-state index in [1.54, 1.807) is 12.1 Å². The van der Waals surface area contributed by atoms with Gasteiger partial charge in [0.2, 0.25) is 0 Å². The largest absolute Gasteiger partial charge is 0.490 e. The molecule has 45 heavy (non-hydrogen) atoms. The van der Waals surface area contributed by atoms with Crippen LogP contribution >= 0.6 is 35.3 Å². The molecule has 0 radical (unpaired) electrons. The van der Waals surface area contributed by atoms with Crippen LogP contribution in [-0.2, 0) is 11.9 Å². The second kappa shape index (κ2) is 14.3. The number of carboxylic acids is 1.